The summed E-state index contributed by atoms with van der Waals surface area (Å²) in [6, 6.07) is 3.60. The zero-order valence-corrected chi connectivity index (χ0v) is 11.8. The quantitative estimate of drug-likeness (QED) is 0.635. The Balaban J connectivity index is 2.25. The number of nitriles is 1. The van der Waals surface area contributed by atoms with E-state index in [9.17, 15) is 13.6 Å². The molecule has 0 saturated heterocycles. The first-order valence-corrected chi connectivity index (χ1v) is 6.33. The fourth-order valence-electron chi connectivity index (χ4n) is 1.63. The third kappa shape index (κ3) is 3.65. The van der Waals surface area contributed by atoms with Gasteiger partial charge in [-0.05, 0) is 24.3 Å². The number of aromatic nitrogens is 4. The Morgan fingerprint density at radius 1 is 1.48 bits per heavy atom. The Bertz CT molecular complexity index is 759. The van der Waals surface area contributed by atoms with Gasteiger partial charge >= 0.3 is 5.97 Å². The van der Waals surface area contributed by atoms with Crippen LogP contribution in [-0.4, -0.2) is 33.2 Å². The van der Waals surface area contributed by atoms with E-state index in [4.69, 9.17) is 5.26 Å². The molecule has 8 nitrogen and oxygen atoms in total. The fraction of sp³-hybridized carbons (Fsp3) is 0.154. The van der Waals surface area contributed by atoms with E-state index in [1.54, 1.807) is 6.07 Å². The topological polar surface area (TPSA) is 117 Å². The molecule has 23 heavy (non-hydrogen) atoms. The predicted molar refractivity (Wildman–Crippen MR) is 73.7 cm³/mol. The van der Waals surface area contributed by atoms with E-state index in [2.05, 4.69) is 30.7 Å². The van der Waals surface area contributed by atoms with Gasteiger partial charge in [0, 0.05) is 11.9 Å². The molecule has 0 aliphatic rings. The number of tetrazole rings is 1. The van der Waals surface area contributed by atoms with Gasteiger partial charge < -0.3 is 10.1 Å². The van der Waals surface area contributed by atoms with E-state index >= 15 is 0 Å². The van der Waals surface area contributed by atoms with Gasteiger partial charge in [0.05, 0.1) is 6.61 Å². The number of esters is 1. The Morgan fingerprint density at radius 3 is 2.70 bits per heavy atom. The zero-order valence-electron chi connectivity index (χ0n) is 11.8. The van der Waals surface area contributed by atoms with Crippen LogP contribution in [0.3, 0.4) is 0 Å². The SMILES string of the molecule is CCOC(=O)c1c(F)cc(NC=C(C#N)c2nn[nH]n2)cc1F. The van der Waals surface area contributed by atoms with Crippen molar-refractivity contribution in [2.24, 2.45) is 0 Å². The average Bonchev–Trinajstić information content (AvgIpc) is 3.01. The second kappa shape index (κ2) is 7.08. The van der Waals surface area contributed by atoms with E-state index in [-0.39, 0.29) is 23.7 Å². The van der Waals surface area contributed by atoms with E-state index in [1.807, 2.05) is 0 Å². The Hall–Kier alpha value is -3.35. The van der Waals surface area contributed by atoms with E-state index in [1.165, 1.54) is 6.92 Å². The van der Waals surface area contributed by atoms with Crippen LogP contribution in [0.15, 0.2) is 18.3 Å². The highest BCUT2D eigenvalue weighted by Gasteiger charge is 2.19. The number of benzene rings is 1. The largest absolute Gasteiger partial charge is 0.462 e. The molecular formula is C13H10F2N6O2. The average molecular weight is 320 g/mol. The molecule has 0 spiro atoms. The summed E-state index contributed by atoms with van der Waals surface area (Å²) in [7, 11) is 0. The van der Waals surface area contributed by atoms with E-state index < -0.39 is 23.2 Å². The molecule has 1 heterocycles. The van der Waals surface area contributed by atoms with Gasteiger partial charge in [-0.1, -0.05) is 0 Å². The second-order valence-electron chi connectivity index (χ2n) is 4.08. The molecule has 118 valence electrons. The van der Waals surface area contributed by atoms with Crippen molar-refractivity contribution in [3.63, 3.8) is 0 Å². The molecular weight excluding hydrogens is 310 g/mol. The number of halogens is 2. The number of anilines is 1. The number of rotatable bonds is 5. The number of carbonyl (C=O) groups is 1. The van der Waals surface area contributed by atoms with Gasteiger partial charge in [-0.3, -0.25) is 0 Å². The lowest BCUT2D eigenvalue weighted by Crippen LogP contribution is -2.10. The molecule has 0 unspecified atom stereocenters. The number of hydrogen-bond acceptors (Lipinski definition) is 7. The third-order valence-electron chi connectivity index (χ3n) is 2.61. The molecule has 2 rings (SSSR count). The first kappa shape index (κ1) is 16.0. The molecule has 0 aliphatic heterocycles. The van der Waals surface area contributed by atoms with Crippen LogP contribution in [0.4, 0.5) is 14.5 Å². The summed E-state index contributed by atoms with van der Waals surface area (Å²) >= 11 is 0. The van der Waals surface area contributed by atoms with Crippen LogP contribution < -0.4 is 5.32 Å². The molecule has 0 fully saturated rings. The molecule has 0 amide bonds. The summed E-state index contributed by atoms with van der Waals surface area (Å²) in [5, 5.41) is 24.2. The van der Waals surface area contributed by atoms with Crippen LogP contribution >= 0.6 is 0 Å². The minimum Gasteiger partial charge on any atom is -0.462 e. The first-order valence-electron chi connectivity index (χ1n) is 6.33. The van der Waals surface area contributed by atoms with Crippen LogP contribution in [0.5, 0.6) is 0 Å². The standard InChI is InChI=1S/C13H10F2N6O2/c1-2-23-13(22)11-9(14)3-8(4-10(11)15)17-6-7(5-16)12-18-20-21-19-12/h3-4,6,17H,2H2,1H3,(H,18,19,20,21). The smallest absolute Gasteiger partial charge is 0.344 e. The monoisotopic (exact) mass is 320 g/mol. The number of nitrogens with zero attached hydrogens (tertiary/aromatic N) is 4. The summed E-state index contributed by atoms with van der Waals surface area (Å²) < 4.78 is 32.3. The van der Waals surface area contributed by atoms with Crippen molar-refractivity contribution in [2.75, 3.05) is 11.9 Å². The normalized spacial score (nSPS) is 11.0. The number of aromatic amines is 1. The highest BCUT2D eigenvalue weighted by atomic mass is 19.1. The van der Waals surface area contributed by atoms with Crippen molar-refractivity contribution < 1.29 is 18.3 Å². The Morgan fingerprint density at radius 2 is 2.17 bits per heavy atom. The third-order valence-corrected chi connectivity index (χ3v) is 2.61. The van der Waals surface area contributed by atoms with Gasteiger partial charge in [-0.2, -0.15) is 10.5 Å². The molecule has 0 atom stereocenters. The van der Waals surface area contributed by atoms with Crippen molar-refractivity contribution >= 4 is 17.2 Å². The van der Waals surface area contributed by atoms with Gasteiger partial charge in [-0.25, -0.2) is 13.6 Å². The molecule has 0 bridgehead atoms. The molecule has 1 aromatic heterocycles. The van der Waals surface area contributed by atoms with Crippen molar-refractivity contribution in [1.29, 1.82) is 5.26 Å². The summed E-state index contributed by atoms with van der Waals surface area (Å²) in [6.45, 7) is 1.52. The van der Waals surface area contributed by atoms with Crippen molar-refractivity contribution in [3.8, 4) is 6.07 Å². The Kier molecular flexibility index (Phi) is 4.93. The summed E-state index contributed by atoms with van der Waals surface area (Å²) in [5.74, 6) is -3.24. The number of ether oxygens (including phenoxy) is 1. The second-order valence-corrected chi connectivity index (χ2v) is 4.08. The summed E-state index contributed by atoms with van der Waals surface area (Å²) in [5.41, 5.74) is -0.793. The lowest BCUT2D eigenvalue weighted by atomic mass is 10.1. The molecule has 10 heteroatoms. The summed E-state index contributed by atoms with van der Waals surface area (Å²) in [6.07, 6.45) is 1.16. The molecule has 1 aromatic carbocycles. The van der Waals surface area contributed by atoms with Gasteiger partial charge in [0.1, 0.15) is 28.8 Å². The number of hydrogen-bond donors (Lipinski definition) is 2. The lowest BCUT2D eigenvalue weighted by Gasteiger charge is -2.07. The highest BCUT2D eigenvalue weighted by molar-refractivity contribution is 5.90. The molecule has 2 N–H and O–H groups in total. The number of nitrogens with one attached hydrogen (secondary N) is 2. The van der Waals surface area contributed by atoms with Gasteiger partial charge in [0.2, 0.25) is 5.82 Å². The van der Waals surface area contributed by atoms with Crippen LogP contribution in [0, 0.1) is 23.0 Å². The van der Waals surface area contributed by atoms with Crippen LogP contribution in [0.1, 0.15) is 23.1 Å². The maximum atomic E-state index is 13.9. The highest BCUT2D eigenvalue weighted by Crippen LogP contribution is 2.20. The van der Waals surface area contributed by atoms with Crippen LogP contribution in [-0.2, 0) is 4.74 Å². The minimum atomic E-state index is -1.09. The lowest BCUT2D eigenvalue weighted by molar-refractivity contribution is 0.0515. The van der Waals surface area contributed by atoms with E-state index in [0.29, 0.717) is 0 Å². The number of allylic oxidation sites excluding steroid dienone is 1. The first-order chi connectivity index (χ1) is 11.1. The van der Waals surface area contributed by atoms with Crippen LogP contribution in [0.2, 0.25) is 0 Å². The summed E-state index contributed by atoms with van der Waals surface area (Å²) in [4.78, 5) is 11.5. The van der Waals surface area contributed by atoms with Gasteiger partial charge in [-0.15, -0.1) is 10.2 Å². The zero-order chi connectivity index (χ0) is 16.8. The molecule has 0 aliphatic carbocycles. The maximum absolute atomic E-state index is 13.9. The van der Waals surface area contributed by atoms with Crippen molar-refractivity contribution in [1.82, 2.24) is 20.6 Å². The van der Waals surface area contributed by atoms with E-state index in [0.717, 1.165) is 18.3 Å². The predicted octanol–water partition coefficient (Wildman–Crippen LogP) is 1.63. The minimum absolute atomic E-state index is 0.00329. The number of carbonyl (C=O) groups excluding carboxylic acids is 1. The van der Waals surface area contributed by atoms with Gasteiger partial charge in [0.25, 0.3) is 0 Å². The maximum Gasteiger partial charge on any atom is 0.344 e. The number of H-pyrrole nitrogens is 1. The Labute approximate surface area is 128 Å². The molecule has 0 radical (unpaired) electrons. The fourth-order valence-corrected chi connectivity index (χ4v) is 1.63. The molecule has 2 aromatic rings. The van der Waals surface area contributed by atoms with Crippen molar-refractivity contribution in [2.45, 2.75) is 6.92 Å². The molecule has 0 saturated carbocycles. The van der Waals surface area contributed by atoms with Crippen LogP contribution in [0.25, 0.3) is 5.57 Å². The van der Waals surface area contributed by atoms with Gasteiger partial charge in [0.15, 0.2) is 0 Å². The van der Waals surface area contributed by atoms with Crippen molar-refractivity contribution in [3.05, 3.63) is 41.4 Å².